The van der Waals surface area contributed by atoms with E-state index in [-0.39, 0.29) is 5.28 Å². The first-order valence-corrected chi connectivity index (χ1v) is 12.1. The van der Waals surface area contributed by atoms with Crippen molar-refractivity contribution < 1.29 is 0 Å². The van der Waals surface area contributed by atoms with Crippen molar-refractivity contribution in [3.63, 3.8) is 0 Å². The van der Waals surface area contributed by atoms with Gasteiger partial charge in [-0.1, -0.05) is 97.1 Å². The van der Waals surface area contributed by atoms with E-state index in [1.54, 1.807) is 0 Å². The summed E-state index contributed by atoms with van der Waals surface area (Å²) in [5.74, 6) is 1.11. The van der Waals surface area contributed by atoms with Crippen molar-refractivity contribution in [3.05, 3.63) is 121 Å². The first kappa shape index (κ1) is 20.8. The van der Waals surface area contributed by atoms with E-state index in [2.05, 4.69) is 93.4 Å². The maximum absolute atomic E-state index is 6.38. The maximum atomic E-state index is 6.38. The molecule has 0 saturated carbocycles. The summed E-state index contributed by atoms with van der Waals surface area (Å²) in [6.07, 6.45) is 0. The summed E-state index contributed by atoms with van der Waals surface area (Å²) in [6.45, 7) is 0. The number of benzene rings is 5. The number of aromatic nitrogens is 4. The summed E-state index contributed by atoms with van der Waals surface area (Å²) in [4.78, 5) is 13.7. The van der Waals surface area contributed by atoms with E-state index in [0.29, 0.717) is 11.6 Å². The van der Waals surface area contributed by atoms with E-state index in [9.17, 15) is 0 Å². The van der Waals surface area contributed by atoms with Gasteiger partial charge in [0.1, 0.15) is 0 Å². The average molecular weight is 483 g/mol. The fraction of sp³-hybridized carbons (Fsp3) is 0. The van der Waals surface area contributed by atoms with Crippen LogP contribution in [0.4, 0.5) is 0 Å². The minimum atomic E-state index is 0.175. The fourth-order valence-corrected chi connectivity index (χ4v) is 5.21. The molecule has 0 bridgehead atoms. The molecule has 0 N–H and O–H groups in total. The molecule has 4 nitrogen and oxygen atoms in total. The molecule has 0 unspecified atom stereocenters. The zero-order valence-electron chi connectivity index (χ0n) is 19.1. The molecule has 0 amide bonds. The van der Waals surface area contributed by atoms with Crippen LogP contribution in [0, 0.1) is 0 Å². The Kier molecular flexibility index (Phi) is 4.79. The predicted molar refractivity (Wildman–Crippen MR) is 148 cm³/mol. The van der Waals surface area contributed by atoms with Gasteiger partial charge in [-0.2, -0.15) is 9.97 Å². The van der Waals surface area contributed by atoms with Crippen molar-refractivity contribution in [2.75, 3.05) is 0 Å². The Hall–Kier alpha value is -4.54. The van der Waals surface area contributed by atoms with E-state index >= 15 is 0 Å². The minimum Gasteiger partial charge on any atom is -0.309 e. The SMILES string of the molecule is Clc1nc(-c2ccccc2)nc(-c2cccc3c(-n4c5ccccc5c5ccccc54)cccc23)n1. The molecule has 2 aromatic heterocycles. The summed E-state index contributed by atoms with van der Waals surface area (Å²) >= 11 is 6.38. The molecule has 0 saturated heterocycles. The highest BCUT2D eigenvalue weighted by Gasteiger charge is 2.16. The van der Waals surface area contributed by atoms with Crippen molar-refractivity contribution in [1.82, 2.24) is 19.5 Å². The maximum Gasteiger partial charge on any atom is 0.226 e. The van der Waals surface area contributed by atoms with E-state index in [1.165, 1.54) is 21.8 Å². The molecule has 0 radical (unpaired) electrons. The van der Waals surface area contributed by atoms with Crippen LogP contribution in [0.5, 0.6) is 0 Å². The van der Waals surface area contributed by atoms with E-state index < -0.39 is 0 Å². The molecule has 0 fully saturated rings. The largest absolute Gasteiger partial charge is 0.309 e. The van der Waals surface area contributed by atoms with Crippen LogP contribution in [-0.4, -0.2) is 19.5 Å². The molecule has 0 aliphatic rings. The van der Waals surface area contributed by atoms with Gasteiger partial charge in [0.2, 0.25) is 5.28 Å². The van der Waals surface area contributed by atoms with Crippen LogP contribution < -0.4 is 0 Å². The second-order valence-corrected chi connectivity index (χ2v) is 9.00. The van der Waals surface area contributed by atoms with Crippen LogP contribution in [-0.2, 0) is 0 Å². The lowest BCUT2D eigenvalue weighted by molar-refractivity contribution is 1.07. The second-order valence-electron chi connectivity index (χ2n) is 8.67. The first-order chi connectivity index (χ1) is 17.8. The summed E-state index contributed by atoms with van der Waals surface area (Å²) in [7, 11) is 0. The van der Waals surface area contributed by atoms with Gasteiger partial charge in [-0.25, -0.2) is 4.98 Å². The van der Waals surface area contributed by atoms with Gasteiger partial charge in [-0.05, 0) is 35.2 Å². The highest BCUT2D eigenvalue weighted by atomic mass is 35.5. The highest BCUT2D eigenvalue weighted by Crippen LogP contribution is 2.36. The van der Waals surface area contributed by atoms with Crippen LogP contribution in [0.25, 0.3) is 61.0 Å². The van der Waals surface area contributed by atoms with Gasteiger partial charge in [-0.3, -0.25) is 0 Å². The molecule has 36 heavy (non-hydrogen) atoms. The molecular weight excluding hydrogens is 464 g/mol. The summed E-state index contributed by atoms with van der Waals surface area (Å²) in [5.41, 5.74) is 5.26. The van der Waals surface area contributed by atoms with Gasteiger partial charge < -0.3 is 4.57 Å². The summed E-state index contributed by atoms with van der Waals surface area (Å²) < 4.78 is 2.34. The van der Waals surface area contributed by atoms with E-state index in [1.807, 2.05) is 36.4 Å². The molecule has 0 aliphatic heterocycles. The molecule has 0 spiro atoms. The van der Waals surface area contributed by atoms with E-state index in [4.69, 9.17) is 16.6 Å². The van der Waals surface area contributed by atoms with Crippen molar-refractivity contribution >= 4 is 44.2 Å². The number of fused-ring (bicyclic) bond motifs is 4. The molecule has 7 rings (SSSR count). The van der Waals surface area contributed by atoms with E-state index in [0.717, 1.165) is 27.6 Å². The van der Waals surface area contributed by atoms with Gasteiger partial charge in [0.15, 0.2) is 11.6 Å². The van der Waals surface area contributed by atoms with Crippen LogP contribution in [0.1, 0.15) is 0 Å². The number of halogens is 1. The smallest absolute Gasteiger partial charge is 0.226 e. The van der Waals surface area contributed by atoms with Gasteiger partial charge >= 0.3 is 0 Å². The van der Waals surface area contributed by atoms with Crippen LogP contribution in [0.15, 0.2) is 115 Å². The lowest BCUT2D eigenvalue weighted by atomic mass is 10.0. The molecule has 5 aromatic carbocycles. The normalized spacial score (nSPS) is 11.5. The Balaban J connectivity index is 1.50. The Morgan fingerprint density at radius 3 is 1.81 bits per heavy atom. The second kappa shape index (κ2) is 8.29. The fourth-order valence-electron chi connectivity index (χ4n) is 5.05. The quantitative estimate of drug-likeness (QED) is 0.255. The molecule has 170 valence electrons. The average Bonchev–Trinajstić information content (AvgIpc) is 3.27. The highest BCUT2D eigenvalue weighted by molar-refractivity contribution is 6.28. The van der Waals surface area contributed by atoms with Gasteiger partial charge in [0.05, 0.1) is 16.7 Å². The van der Waals surface area contributed by atoms with Crippen LogP contribution in [0.3, 0.4) is 0 Å². The molecular formula is C31H19ClN4. The lowest BCUT2D eigenvalue weighted by Crippen LogP contribution is -1.99. The Morgan fingerprint density at radius 1 is 0.472 bits per heavy atom. The monoisotopic (exact) mass is 482 g/mol. The van der Waals surface area contributed by atoms with Crippen molar-refractivity contribution in [2.24, 2.45) is 0 Å². The van der Waals surface area contributed by atoms with Gasteiger partial charge in [0, 0.05) is 27.3 Å². The third kappa shape index (κ3) is 3.27. The number of hydrogen-bond donors (Lipinski definition) is 0. The van der Waals surface area contributed by atoms with Crippen LogP contribution >= 0.6 is 11.6 Å². The predicted octanol–water partition coefficient (Wildman–Crippen LogP) is 8.11. The number of hydrogen-bond acceptors (Lipinski definition) is 3. The summed E-state index contributed by atoms with van der Waals surface area (Å²) in [6, 6.07) is 39.5. The van der Waals surface area contributed by atoms with Crippen molar-refractivity contribution in [1.29, 1.82) is 0 Å². The third-order valence-electron chi connectivity index (χ3n) is 6.60. The van der Waals surface area contributed by atoms with Crippen molar-refractivity contribution in [2.45, 2.75) is 0 Å². The molecule has 0 atom stereocenters. The lowest BCUT2D eigenvalue weighted by Gasteiger charge is -2.14. The number of rotatable bonds is 3. The zero-order chi connectivity index (χ0) is 24.1. The Bertz CT molecular complexity index is 1850. The number of nitrogens with zero attached hydrogens (tertiary/aromatic N) is 4. The zero-order valence-corrected chi connectivity index (χ0v) is 19.9. The topological polar surface area (TPSA) is 43.6 Å². The van der Waals surface area contributed by atoms with Crippen LogP contribution in [0.2, 0.25) is 5.28 Å². The third-order valence-corrected chi connectivity index (χ3v) is 6.77. The Labute approximate surface area is 212 Å². The molecule has 2 heterocycles. The minimum absolute atomic E-state index is 0.175. The first-order valence-electron chi connectivity index (χ1n) is 11.8. The van der Waals surface area contributed by atoms with Gasteiger partial charge in [-0.15, -0.1) is 0 Å². The summed E-state index contributed by atoms with van der Waals surface area (Å²) in [5, 5.41) is 4.81. The number of para-hydroxylation sites is 2. The Morgan fingerprint density at radius 2 is 1.06 bits per heavy atom. The molecule has 0 aliphatic carbocycles. The van der Waals surface area contributed by atoms with Gasteiger partial charge in [0.25, 0.3) is 0 Å². The standard InChI is InChI=1S/C31H19ClN4/c32-31-34-29(20-10-2-1-3-11-20)33-30(35-31)25-16-8-15-22-21(25)14-9-19-28(22)36-26-17-6-4-12-23(26)24-13-5-7-18-27(24)36/h1-19H. The van der Waals surface area contributed by atoms with Crippen molar-refractivity contribution in [3.8, 4) is 28.5 Å². The molecule has 7 aromatic rings. The molecule has 5 heteroatoms.